The number of H-pyrrole nitrogens is 1. The molecule has 0 aliphatic heterocycles. The topological polar surface area (TPSA) is 98.2 Å². The lowest BCUT2D eigenvalue weighted by Crippen LogP contribution is -2.15. The molecule has 0 radical (unpaired) electrons. The van der Waals surface area contributed by atoms with Crippen LogP contribution in [0.1, 0.15) is 6.92 Å². The van der Waals surface area contributed by atoms with Crippen molar-refractivity contribution in [2.45, 2.75) is 12.1 Å². The summed E-state index contributed by atoms with van der Waals surface area (Å²) in [4.78, 5) is 32.4. The van der Waals surface area contributed by atoms with Crippen molar-refractivity contribution in [3.05, 3.63) is 61.8 Å². The Morgan fingerprint density at radius 1 is 1.29 bits per heavy atom. The first-order chi connectivity index (χ1) is 16.4. The Morgan fingerprint density at radius 3 is 2.76 bits per heavy atom. The van der Waals surface area contributed by atoms with E-state index >= 15 is 0 Å². The molecule has 0 spiro atoms. The summed E-state index contributed by atoms with van der Waals surface area (Å²) in [6.45, 7) is 2.47. The van der Waals surface area contributed by atoms with Crippen LogP contribution in [0.25, 0.3) is 16.0 Å². The molecule has 1 amide bonds. The van der Waals surface area contributed by atoms with Crippen LogP contribution in [0.3, 0.4) is 0 Å². The molecule has 176 valence electrons. The zero-order valence-electron chi connectivity index (χ0n) is 18.1. The lowest BCUT2D eigenvalue weighted by molar-refractivity contribution is -0.113. The molecular weight excluding hydrogens is 516 g/mol. The number of nitrogens with zero attached hydrogens (tertiary/aromatic N) is 2. The van der Waals surface area contributed by atoms with Crippen LogP contribution in [0.2, 0.25) is 5.02 Å². The summed E-state index contributed by atoms with van der Waals surface area (Å²) in [5.74, 6) is 1.07. The molecule has 0 saturated carbocycles. The second-order valence-corrected chi connectivity index (χ2v) is 9.88. The SMILES string of the molecule is CCOc1ccc(NC(=O)CSc2nc3c(sc(=S)n3-c3cc(Cl)ccc3OC)c(=O)[nH]2)cc1. The van der Waals surface area contributed by atoms with E-state index in [4.69, 9.17) is 33.3 Å². The van der Waals surface area contributed by atoms with Crippen LogP contribution in [0, 0.1) is 3.95 Å². The summed E-state index contributed by atoms with van der Waals surface area (Å²) >= 11 is 13.9. The molecule has 2 N–H and O–H groups in total. The van der Waals surface area contributed by atoms with Gasteiger partial charge in [-0.05, 0) is 61.6 Å². The molecule has 2 heterocycles. The van der Waals surface area contributed by atoms with Gasteiger partial charge in [0.2, 0.25) is 5.91 Å². The number of halogens is 1. The Labute approximate surface area is 212 Å². The average molecular weight is 535 g/mol. The van der Waals surface area contributed by atoms with Gasteiger partial charge >= 0.3 is 0 Å². The van der Waals surface area contributed by atoms with Crippen LogP contribution >= 0.6 is 46.9 Å². The number of rotatable bonds is 8. The predicted octanol–water partition coefficient (Wildman–Crippen LogP) is 5.30. The summed E-state index contributed by atoms with van der Waals surface area (Å²) < 4.78 is 13.3. The van der Waals surface area contributed by atoms with E-state index < -0.39 is 0 Å². The highest BCUT2D eigenvalue weighted by molar-refractivity contribution is 7.99. The first-order valence-corrected chi connectivity index (χ1v) is 12.6. The highest BCUT2D eigenvalue weighted by Crippen LogP contribution is 2.32. The zero-order chi connectivity index (χ0) is 24.2. The van der Waals surface area contributed by atoms with Crippen molar-refractivity contribution in [3.63, 3.8) is 0 Å². The summed E-state index contributed by atoms with van der Waals surface area (Å²) in [5, 5.41) is 3.59. The van der Waals surface area contributed by atoms with Crippen molar-refractivity contribution in [2.24, 2.45) is 0 Å². The largest absolute Gasteiger partial charge is 0.495 e. The number of nitrogens with one attached hydrogen (secondary N) is 2. The first kappa shape index (κ1) is 24.3. The van der Waals surface area contributed by atoms with Gasteiger partial charge in [-0.1, -0.05) is 34.7 Å². The van der Waals surface area contributed by atoms with E-state index in [1.165, 1.54) is 7.11 Å². The molecule has 2 aromatic heterocycles. The number of thiazole rings is 1. The fourth-order valence-corrected chi connectivity index (χ4v) is 5.22. The number of aromatic amines is 1. The number of hydrogen-bond acceptors (Lipinski definition) is 8. The van der Waals surface area contributed by atoms with E-state index in [0.717, 1.165) is 28.8 Å². The molecule has 0 saturated heterocycles. The highest BCUT2D eigenvalue weighted by atomic mass is 35.5. The molecule has 0 unspecified atom stereocenters. The molecule has 0 fully saturated rings. The van der Waals surface area contributed by atoms with Gasteiger partial charge in [0.1, 0.15) is 16.2 Å². The van der Waals surface area contributed by atoms with Crippen LogP contribution in [-0.4, -0.2) is 39.9 Å². The maximum absolute atomic E-state index is 12.7. The molecule has 4 rings (SSSR count). The molecule has 34 heavy (non-hydrogen) atoms. The smallest absolute Gasteiger partial charge is 0.271 e. The number of amides is 1. The predicted molar refractivity (Wildman–Crippen MR) is 139 cm³/mol. The van der Waals surface area contributed by atoms with Gasteiger partial charge < -0.3 is 19.8 Å². The van der Waals surface area contributed by atoms with Gasteiger partial charge in [0, 0.05) is 10.7 Å². The fraction of sp³-hybridized carbons (Fsp3) is 0.182. The lowest BCUT2D eigenvalue weighted by Gasteiger charge is -2.11. The number of methoxy groups -OCH3 is 1. The third-order valence-corrected chi connectivity index (χ3v) is 7.06. The number of anilines is 1. The number of benzene rings is 2. The Balaban J connectivity index is 1.58. The van der Waals surface area contributed by atoms with E-state index in [-0.39, 0.29) is 17.2 Å². The molecule has 8 nitrogen and oxygen atoms in total. The number of fused-ring (bicyclic) bond motifs is 1. The van der Waals surface area contributed by atoms with Gasteiger partial charge in [0.25, 0.3) is 5.56 Å². The van der Waals surface area contributed by atoms with Crippen LogP contribution in [0.4, 0.5) is 5.69 Å². The Morgan fingerprint density at radius 2 is 2.06 bits per heavy atom. The van der Waals surface area contributed by atoms with Crippen molar-refractivity contribution in [3.8, 4) is 17.2 Å². The number of hydrogen-bond donors (Lipinski definition) is 2. The van der Waals surface area contributed by atoms with Crippen molar-refractivity contribution in [2.75, 3.05) is 24.8 Å². The van der Waals surface area contributed by atoms with Crippen molar-refractivity contribution >= 4 is 68.9 Å². The second-order valence-electron chi connectivity index (χ2n) is 6.84. The Bertz CT molecular complexity index is 1460. The highest BCUT2D eigenvalue weighted by Gasteiger charge is 2.17. The molecule has 0 atom stereocenters. The number of thioether (sulfide) groups is 1. The molecule has 12 heteroatoms. The minimum absolute atomic E-state index is 0.0486. The third kappa shape index (κ3) is 5.27. The van der Waals surface area contributed by atoms with E-state index in [2.05, 4.69) is 15.3 Å². The molecule has 0 aliphatic carbocycles. The van der Waals surface area contributed by atoms with Crippen LogP contribution in [0.15, 0.2) is 52.4 Å². The summed E-state index contributed by atoms with van der Waals surface area (Å²) in [5.41, 5.74) is 1.25. The molecule has 0 aliphatic rings. The van der Waals surface area contributed by atoms with Crippen LogP contribution < -0.4 is 20.3 Å². The fourth-order valence-electron chi connectivity index (χ4n) is 3.14. The van der Waals surface area contributed by atoms with Gasteiger partial charge in [-0.15, -0.1) is 0 Å². The maximum atomic E-state index is 12.7. The van der Waals surface area contributed by atoms with Crippen LogP contribution in [0.5, 0.6) is 11.5 Å². The summed E-state index contributed by atoms with van der Waals surface area (Å²) in [6, 6.07) is 12.2. The molecule has 4 aromatic rings. The number of aromatic nitrogens is 3. The number of carbonyl (C=O) groups is 1. The minimum Gasteiger partial charge on any atom is -0.495 e. The first-order valence-electron chi connectivity index (χ1n) is 10.0. The van der Waals surface area contributed by atoms with E-state index in [0.29, 0.717) is 48.2 Å². The van der Waals surface area contributed by atoms with Gasteiger partial charge in [0.05, 0.1) is 25.2 Å². The van der Waals surface area contributed by atoms with Crippen molar-refractivity contribution < 1.29 is 14.3 Å². The molecule has 2 aromatic carbocycles. The van der Waals surface area contributed by atoms with Gasteiger partial charge in [-0.25, -0.2) is 4.98 Å². The summed E-state index contributed by atoms with van der Waals surface area (Å²) in [7, 11) is 1.54. The molecule has 0 bridgehead atoms. The van der Waals surface area contributed by atoms with E-state index in [9.17, 15) is 9.59 Å². The Hall–Kier alpha value is -2.86. The molecular formula is C22H19ClN4O4S3. The maximum Gasteiger partial charge on any atom is 0.271 e. The second kappa shape index (κ2) is 10.6. The Kier molecular flexibility index (Phi) is 7.57. The number of ether oxygens (including phenoxy) is 2. The number of carbonyl (C=O) groups excluding carboxylic acids is 1. The minimum atomic E-state index is -0.338. The normalized spacial score (nSPS) is 10.9. The summed E-state index contributed by atoms with van der Waals surface area (Å²) in [6.07, 6.45) is 0. The van der Waals surface area contributed by atoms with Gasteiger partial charge in [0.15, 0.2) is 14.8 Å². The van der Waals surface area contributed by atoms with Gasteiger partial charge in [-0.3, -0.25) is 14.2 Å². The van der Waals surface area contributed by atoms with Crippen molar-refractivity contribution in [1.82, 2.24) is 14.5 Å². The zero-order valence-corrected chi connectivity index (χ0v) is 21.3. The quantitative estimate of drug-likeness (QED) is 0.180. The monoisotopic (exact) mass is 534 g/mol. The van der Waals surface area contributed by atoms with E-state index in [1.807, 2.05) is 6.92 Å². The lowest BCUT2D eigenvalue weighted by atomic mass is 10.3. The average Bonchev–Trinajstić information content (AvgIpc) is 3.15. The van der Waals surface area contributed by atoms with Crippen LogP contribution in [-0.2, 0) is 4.79 Å². The van der Waals surface area contributed by atoms with Crippen molar-refractivity contribution in [1.29, 1.82) is 0 Å². The van der Waals surface area contributed by atoms with Gasteiger partial charge in [-0.2, -0.15) is 0 Å². The third-order valence-electron chi connectivity index (χ3n) is 4.59. The standard InChI is InChI=1S/C22H19ClN4O4S3/c1-3-31-14-7-5-13(6-8-14)24-17(28)11-33-21-25-19-18(20(29)26-21)34-22(32)27(19)15-10-12(23)4-9-16(15)30-2/h4-10H,3,11H2,1-2H3,(H,24,28)(H,25,26,29). The van der Waals surface area contributed by atoms with E-state index in [1.54, 1.807) is 47.0 Å².